The van der Waals surface area contributed by atoms with Crippen molar-refractivity contribution in [2.45, 2.75) is 50.3 Å². The number of hydrogen-bond acceptors (Lipinski definition) is 7. The molecule has 0 spiro atoms. The van der Waals surface area contributed by atoms with Crippen LogP contribution in [-0.4, -0.2) is 47.7 Å². The van der Waals surface area contributed by atoms with E-state index in [1.54, 1.807) is 67.8 Å². The van der Waals surface area contributed by atoms with E-state index in [0.29, 0.717) is 30.0 Å². The number of aryl methyl sites for hydroxylation is 1. The molecule has 3 N–H and O–H groups in total. The first kappa shape index (κ1) is 28.3. The second-order valence-corrected chi connectivity index (χ2v) is 11.6. The summed E-state index contributed by atoms with van der Waals surface area (Å²) in [6.45, 7) is 7.11. The van der Waals surface area contributed by atoms with Crippen LogP contribution in [0.3, 0.4) is 0 Å². The van der Waals surface area contributed by atoms with Crippen LogP contribution in [0.15, 0.2) is 84.0 Å². The third kappa shape index (κ3) is 7.23. The van der Waals surface area contributed by atoms with Gasteiger partial charge in [0.15, 0.2) is 0 Å². The number of nitrogens with zero attached hydrogens (tertiary/aromatic N) is 2. The normalized spacial score (nSPS) is 12.8. The lowest BCUT2D eigenvalue weighted by Crippen LogP contribution is -2.42. The summed E-state index contributed by atoms with van der Waals surface area (Å²) in [5.41, 5.74) is 2.78. The van der Waals surface area contributed by atoms with Crippen molar-refractivity contribution in [2.24, 2.45) is 0 Å². The van der Waals surface area contributed by atoms with E-state index < -0.39 is 16.1 Å². The first-order valence-corrected chi connectivity index (χ1v) is 14.3. The zero-order valence-electron chi connectivity index (χ0n) is 22.3. The van der Waals surface area contributed by atoms with Gasteiger partial charge in [-0.15, -0.1) is 0 Å². The fourth-order valence-electron chi connectivity index (χ4n) is 4.18. The van der Waals surface area contributed by atoms with Crippen LogP contribution in [-0.2, 0) is 21.3 Å². The number of benzene rings is 3. The van der Waals surface area contributed by atoms with Crippen molar-refractivity contribution in [1.82, 2.24) is 14.9 Å². The fraction of sp³-hybridized carbons (Fsp3) is 0.310. The van der Waals surface area contributed by atoms with E-state index in [1.165, 1.54) is 12.1 Å². The van der Waals surface area contributed by atoms with Crippen molar-refractivity contribution in [3.63, 3.8) is 0 Å². The van der Waals surface area contributed by atoms with E-state index >= 15 is 0 Å². The molecule has 1 heterocycles. The number of aliphatic hydroxyl groups is 1. The number of β-amino-alcohol motifs (C(OH)–C–C–N with tert-alkyl or cyclic N) is 1. The molecule has 0 saturated carbocycles. The molecule has 1 aromatic heterocycles. The van der Waals surface area contributed by atoms with Gasteiger partial charge in [-0.05, 0) is 75.2 Å². The number of aromatic nitrogens is 2. The average molecular weight is 551 g/mol. The molecule has 0 saturated heterocycles. The zero-order chi connectivity index (χ0) is 28.0. The molecule has 0 bridgehead atoms. The highest BCUT2D eigenvalue weighted by Crippen LogP contribution is 2.22. The van der Waals surface area contributed by atoms with Crippen molar-refractivity contribution in [1.29, 1.82) is 0 Å². The summed E-state index contributed by atoms with van der Waals surface area (Å²) in [6, 6.07) is 20.2. The Morgan fingerprint density at radius 3 is 2.59 bits per heavy atom. The van der Waals surface area contributed by atoms with Crippen LogP contribution in [0.4, 0.5) is 5.69 Å². The maximum absolute atomic E-state index is 12.7. The molecule has 1 atom stereocenters. The Bertz CT molecular complexity index is 1530. The number of hydrogen-bond donors (Lipinski definition) is 3. The van der Waals surface area contributed by atoms with E-state index in [9.17, 15) is 18.3 Å². The van der Waals surface area contributed by atoms with E-state index in [1.807, 2.05) is 24.5 Å². The molecule has 4 aromatic rings. The van der Waals surface area contributed by atoms with Crippen LogP contribution >= 0.6 is 0 Å². The third-order valence-electron chi connectivity index (χ3n) is 6.46. The van der Waals surface area contributed by atoms with E-state index in [0.717, 1.165) is 17.5 Å². The van der Waals surface area contributed by atoms with Crippen molar-refractivity contribution < 1.29 is 23.1 Å². The standard InChI is InChI=1S/C29H34N4O5S/c1-4-38-28(35)22-13-14-25-26(18-22)33(20-30-25)16-15-29(2,3)31-19-27(34)21-9-8-10-23(17-21)32-39(36,37)24-11-6-5-7-12-24/h5-14,17-18,20,27,31-32,34H,4,15-16,19H2,1-3H3/t27-/m0/s1. The first-order valence-electron chi connectivity index (χ1n) is 12.8. The zero-order valence-corrected chi connectivity index (χ0v) is 23.1. The van der Waals surface area contributed by atoms with Crippen LogP contribution in [0, 0.1) is 0 Å². The van der Waals surface area contributed by atoms with E-state index in [2.05, 4.69) is 15.0 Å². The van der Waals surface area contributed by atoms with Gasteiger partial charge in [0, 0.05) is 24.3 Å². The van der Waals surface area contributed by atoms with Crippen LogP contribution in [0.1, 0.15) is 49.2 Å². The predicted molar refractivity (Wildman–Crippen MR) is 151 cm³/mol. The number of carbonyl (C=O) groups excluding carboxylic acids is 1. The predicted octanol–water partition coefficient (Wildman–Crippen LogP) is 4.51. The summed E-state index contributed by atoms with van der Waals surface area (Å²) in [5.74, 6) is -0.361. The summed E-state index contributed by atoms with van der Waals surface area (Å²) >= 11 is 0. The molecular weight excluding hydrogens is 516 g/mol. The molecule has 3 aromatic carbocycles. The number of nitrogens with one attached hydrogen (secondary N) is 2. The van der Waals surface area contributed by atoms with Crippen LogP contribution in [0.2, 0.25) is 0 Å². The number of esters is 1. The smallest absolute Gasteiger partial charge is 0.338 e. The van der Waals surface area contributed by atoms with Gasteiger partial charge in [-0.2, -0.15) is 0 Å². The van der Waals surface area contributed by atoms with E-state index in [-0.39, 0.29) is 22.9 Å². The Morgan fingerprint density at radius 2 is 1.85 bits per heavy atom. The monoisotopic (exact) mass is 550 g/mol. The number of fused-ring (bicyclic) bond motifs is 1. The van der Waals surface area contributed by atoms with Gasteiger partial charge in [-0.3, -0.25) is 4.72 Å². The molecule has 0 aliphatic heterocycles. The Hall–Kier alpha value is -3.73. The molecule has 0 unspecified atom stereocenters. The van der Waals surface area contributed by atoms with Gasteiger partial charge in [-0.1, -0.05) is 30.3 Å². The van der Waals surface area contributed by atoms with Gasteiger partial charge in [0.1, 0.15) is 0 Å². The lowest BCUT2D eigenvalue weighted by atomic mass is 9.99. The largest absolute Gasteiger partial charge is 0.462 e. The van der Waals surface area contributed by atoms with Crippen LogP contribution < -0.4 is 10.0 Å². The Kier molecular flexibility index (Phi) is 8.69. The van der Waals surface area contributed by atoms with Crippen molar-refractivity contribution in [3.05, 3.63) is 90.3 Å². The fourth-order valence-corrected chi connectivity index (χ4v) is 5.25. The molecule has 0 amide bonds. The molecule has 39 heavy (non-hydrogen) atoms. The van der Waals surface area contributed by atoms with Gasteiger partial charge < -0.3 is 19.7 Å². The number of rotatable bonds is 12. The van der Waals surface area contributed by atoms with Crippen LogP contribution in [0.5, 0.6) is 0 Å². The summed E-state index contributed by atoms with van der Waals surface area (Å²) in [5, 5.41) is 14.3. The molecule has 9 nitrogen and oxygen atoms in total. The Balaban J connectivity index is 1.36. The SMILES string of the molecule is CCOC(=O)c1ccc2ncn(CCC(C)(C)NC[C@H](O)c3cccc(NS(=O)(=O)c4ccccc4)c3)c2c1. The highest BCUT2D eigenvalue weighted by molar-refractivity contribution is 7.92. The third-order valence-corrected chi connectivity index (χ3v) is 7.86. The maximum atomic E-state index is 12.7. The van der Waals surface area contributed by atoms with Crippen LogP contribution in [0.25, 0.3) is 11.0 Å². The summed E-state index contributed by atoms with van der Waals surface area (Å²) in [7, 11) is -3.73. The number of carbonyl (C=O) groups is 1. The molecule has 0 radical (unpaired) electrons. The summed E-state index contributed by atoms with van der Waals surface area (Å²) < 4.78 is 35.0. The molecule has 0 fully saturated rings. The Morgan fingerprint density at radius 1 is 1.08 bits per heavy atom. The van der Waals surface area contributed by atoms with Crippen molar-refractivity contribution >= 4 is 32.7 Å². The number of ether oxygens (including phenoxy) is 1. The topological polar surface area (TPSA) is 123 Å². The second-order valence-electron chi connectivity index (χ2n) is 9.94. The highest BCUT2D eigenvalue weighted by atomic mass is 32.2. The number of sulfonamides is 1. The van der Waals surface area contributed by atoms with Gasteiger partial charge in [0.05, 0.1) is 40.5 Å². The van der Waals surface area contributed by atoms with Crippen molar-refractivity contribution in [3.8, 4) is 0 Å². The number of imidazole rings is 1. The Labute approximate surface area is 228 Å². The van der Waals surface area contributed by atoms with Gasteiger partial charge in [0.2, 0.25) is 0 Å². The second kappa shape index (κ2) is 12.0. The summed E-state index contributed by atoms with van der Waals surface area (Å²) in [4.78, 5) is 16.7. The molecule has 0 aliphatic carbocycles. The molecule has 206 valence electrons. The average Bonchev–Trinajstić information content (AvgIpc) is 3.33. The van der Waals surface area contributed by atoms with Gasteiger partial charge >= 0.3 is 5.97 Å². The quantitative estimate of drug-likeness (QED) is 0.222. The minimum Gasteiger partial charge on any atom is -0.462 e. The summed E-state index contributed by atoms with van der Waals surface area (Å²) in [6.07, 6.45) is 1.64. The first-order chi connectivity index (χ1) is 18.6. The lowest BCUT2D eigenvalue weighted by molar-refractivity contribution is 0.0526. The minimum absolute atomic E-state index is 0.169. The highest BCUT2D eigenvalue weighted by Gasteiger charge is 2.21. The number of aliphatic hydroxyl groups excluding tert-OH is 1. The molecule has 0 aliphatic rings. The molecule has 10 heteroatoms. The molecule has 4 rings (SSSR count). The van der Waals surface area contributed by atoms with Crippen molar-refractivity contribution in [2.75, 3.05) is 17.9 Å². The van der Waals surface area contributed by atoms with Gasteiger partial charge in [0.25, 0.3) is 10.0 Å². The minimum atomic E-state index is -3.73. The molecular formula is C29H34N4O5S. The van der Waals surface area contributed by atoms with Gasteiger partial charge in [-0.25, -0.2) is 18.2 Å². The van der Waals surface area contributed by atoms with E-state index in [4.69, 9.17) is 4.74 Å². The number of anilines is 1. The lowest BCUT2D eigenvalue weighted by Gasteiger charge is -2.28. The maximum Gasteiger partial charge on any atom is 0.338 e.